The number of hydrogen-bond donors (Lipinski definition) is 2. The highest BCUT2D eigenvalue weighted by molar-refractivity contribution is 7.89. The van der Waals surface area contributed by atoms with Crippen molar-refractivity contribution in [3.8, 4) is 11.5 Å². The Morgan fingerprint density at radius 1 is 1.03 bits per heavy atom. The van der Waals surface area contributed by atoms with Crippen LogP contribution in [0.3, 0.4) is 0 Å². The number of nitrogens with zero attached hydrogens (tertiary/aromatic N) is 1. The standard InChI is InChI=1S/C22H27N3O7S/c1-30-17-7-9-19(10-8-17)33(28,29)25-11-4-12-32-20(25)15-24-22(27)21(26)23-14-16-5-3-6-18(13-16)31-2/h3,5-10,13,20H,4,11-12,14-15H2,1-2H3,(H,23,26)(H,24,27). The van der Waals surface area contributed by atoms with Gasteiger partial charge in [0.05, 0.1) is 32.3 Å². The molecule has 1 fully saturated rings. The van der Waals surface area contributed by atoms with Gasteiger partial charge in [-0.05, 0) is 48.4 Å². The molecule has 2 aromatic rings. The number of ether oxygens (including phenoxy) is 3. The topological polar surface area (TPSA) is 123 Å². The highest BCUT2D eigenvalue weighted by Crippen LogP contribution is 2.23. The van der Waals surface area contributed by atoms with Gasteiger partial charge < -0.3 is 24.8 Å². The van der Waals surface area contributed by atoms with Crippen LogP contribution in [0.4, 0.5) is 0 Å². The van der Waals surface area contributed by atoms with Gasteiger partial charge in [0.2, 0.25) is 10.0 Å². The minimum Gasteiger partial charge on any atom is -0.497 e. The molecule has 33 heavy (non-hydrogen) atoms. The Kier molecular flexibility index (Phi) is 8.26. The minimum absolute atomic E-state index is 0.0844. The summed E-state index contributed by atoms with van der Waals surface area (Å²) in [5, 5.41) is 4.98. The van der Waals surface area contributed by atoms with Crippen LogP contribution in [0.15, 0.2) is 53.4 Å². The lowest BCUT2D eigenvalue weighted by atomic mass is 10.2. The molecule has 0 radical (unpaired) electrons. The van der Waals surface area contributed by atoms with Gasteiger partial charge in [-0.2, -0.15) is 4.31 Å². The number of sulfonamides is 1. The molecular weight excluding hydrogens is 450 g/mol. The maximum atomic E-state index is 13.1. The van der Waals surface area contributed by atoms with Crippen LogP contribution in [0, 0.1) is 0 Å². The number of amides is 2. The SMILES string of the molecule is COc1ccc(S(=O)(=O)N2CCCOC2CNC(=O)C(=O)NCc2cccc(OC)c2)cc1. The van der Waals surface area contributed by atoms with E-state index in [0.29, 0.717) is 24.5 Å². The predicted octanol–water partition coefficient (Wildman–Crippen LogP) is 0.874. The van der Waals surface area contributed by atoms with E-state index in [4.69, 9.17) is 14.2 Å². The summed E-state index contributed by atoms with van der Waals surface area (Å²) in [6.07, 6.45) is -0.415. The first-order valence-corrected chi connectivity index (χ1v) is 11.8. The van der Waals surface area contributed by atoms with E-state index in [1.807, 2.05) is 0 Å². The van der Waals surface area contributed by atoms with Gasteiger partial charge in [-0.15, -0.1) is 0 Å². The van der Waals surface area contributed by atoms with Crippen molar-refractivity contribution < 1.29 is 32.2 Å². The van der Waals surface area contributed by atoms with E-state index in [-0.39, 0.29) is 24.5 Å². The molecule has 1 unspecified atom stereocenters. The van der Waals surface area contributed by atoms with Crippen LogP contribution in [0.25, 0.3) is 0 Å². The highest BCUT2D eigenvalue weighted by atomic mass is 32.2. The third-order valence-corrected chi connectivity index (χ3v) is 6.95. The van der Waals surface area contributed by atoms with Crippen LogP contribution in [0.5, 0.6) is 11.5 Å². The van der Waals surface area contributed by atoms with Crippen LogP contribution >= 0.6 is 0 Å². The summed E-state index contributed by atoms with van der Waals surface area (Å²) in [6, 6.07) is 13.1. The largest absolute Gasteiger partial charge is 0.497 e. The van der Waals surface area contributed by atoms with Crippen molar-refractivity contribution in [3.63, 3.8) is 0 Å². The molecule has 2 amide bonds. The van der Waals surface area contributed by atoms with E-state index in [9.17, 15) is 18.0 Å². The van der Waals surface area contributed by atoms with Gasteiger partial charge in [0, 0.05) is 13.1 Å². The minimum atomic E-state index is -3.87. The third kappa shape index (κ3) is 6.21. The second-order valence-electron chi connectivity index (χ2n) is 7.21. The second kappa shape index (κ2) is 11.1. The average Bonchev–Trinajstić information content (AvgIpc) is 2.86. The molecule has 1 atom stereocenters. The van der Waals surface area contributed by atoms with E-state index < -0.39 is 28.1 Å². The fourth-order valence-corrected chi connectivity index (χ4v) is 4.86. The van der Waals surface area contributed by atoms with Gasteiger partial charge in [-0.1, -0.05) is 12.1 Å². The molecule has 2 N–H and O–H groups in total. The molecule has 1 heterocycles. The summed E-state index contributed by atoms with van der Waals surface area (Å²) in [7, 11) is -0.836. The Hall–Kier alpha value is -3.15. The molecule has 0 aromatic heterocycles. The maximum Gasteiger partial charge on any atom is 0.309 e. The smallest absolute Gasteiger partial charge is 0.309 e. The summed E-state index contributed by atoms with van der Waals surface area (Å²) < 4.78 is 43.2. The number of rotatable bonds is 8. The molecule has 10 nitrogen and oxygen atoms in total. The molecule has 0 saturated carbocycles. The summed E-state index contributed by atoms with van der Waals surface area (Å²) in [5.41, 5.74) is 0.767. The van der Waals surface area contributed by atoms with Crippen LogP contribution in [0.1, 0.15) is 12.0 Å². The summed E-state index contributed by atoms with van der Waals surface area (Å²) in [6.45, 7) is 0.552. The van der Waals surface area contributed by atoms with Crippen molar-refractivity contribution in [3.05, 3.63) is 54.1 Å². The first-order chi connectivity index (χ1) is 15.8. The Morgan fingerprint density at radius 2 is 1.73 bits per heavy atom. The first kappa shape index (κ1) is 24.5. The molecule has 0 spiro atoms. The molecule has 11 heteroatoms. The van der Waals surface area contributed by atoms with Gasteiger partial charge in [-0.25, -0.2) is 8.42 Å². The van der Waals surface area contributed by atoms with Gasteiger partial charge in [0.15, 0.2) is 0 Å². The lowest BCUT2D eigenvalue weighted by Gasteiger charge is -2.34. The Balaban J connectivity index is 1.58. The molecule has 0 aliphatic carbocycles. The van der Waals surface area contributed by atoms with Crippen molar-refractivity contribution in [2.45, 2.75) is 24.1 Å². The Bertz CT molecular complexity index is 1070. The molecule has 1 saturated heterocycles. The number of hydrogen-bond acceptors (Lipinski definition) is 7. The Labute approximate surface area is 192 Å². The third-order valence-electron chi connectivity index (χ3n) is 5.05. The first-order valence-electron chi connectivity index (χ1n) is 10.3. The van der Waals surface area contributed by atoms with Gasteiger partial charge in [0.1, 0.15) is 17.7 Å². The van der Waals surface area contributed by atoms with Crippen molar-refractivity contribution >= 4 is 21.8 Å². The zero-order chi connectivity index (χ0) is 23.8. The van der Waals surface area contributed by atoms with Crippen LogP contribution in [-0.4, -0.2) is 64.7 Å². The summed E-state index contributed by atoms with van der Waals surface area (Å²) in [5.74, 6) is -0.543. The van der Waals surface area contributed by atoms with Gasteiger partial charge in [-0.3, -0.25) is 9.59 Å². The number of benzene rings is 2. The van der Waals surface area contributed by atoms with E-state index in [2.05, 4.69) is 10.6 Å². The second-order valence-corrected chi connectivity index (χ2v) is 9.11. The molecule has 1 aliphatic heterocycles. The fourth-order valence-electron chi connectivity index (χ4n) is 3.29. The zero-order valence-electron chi connectivity index (χ0n) is 18.4. The van der Waals surface area contributed by atoms with Crippen LogP contribution in [-0.2, 0) is 30.9 Å². The van der Waals surface area contributed by atoms with Crippen LogP contribution < -0.4 is 20.1 Å². The monoisotopic (exact) mass is 477 g/mol. The van der Waals surface area contributed by atoms with Crippen molar-refractivity contribution in [1.82, 2.24) is 14.9 Å². The van der Waals surface area contributed by atoms with Crippen molar-refractivity contribution in [2.75, 3.05) is 33.9 Å². The Morgan fingerprint density at radius 3 is 2.42 bits per heavy atom. The van der Waals surface area contributed by atoms with E-state index in [1.54, 1.807) is 36.4 Å². The molecule has 3 rings (SSSR count). The van der Waals surface area contributed by atoms with E-state index in [0.717, 1.165) is 5.56 Å². The molecule has 1 aliphatic rings. The normalized spacial score (nSPS) is 16.6. The lowest BCUT2D eigenvalue weighted by Crippen LogP contribution is -2.53. The molecule has 178 valence electrons. The molecular formula is C22H27N3O7S. The van der Waals surface area contributed by atoms with Crippen LogP contribution in [0.2, 0.25) is 0 Å². The van der Waals surface area contributed by atoms with E-state index in [1.165, 1.54) is 30.7 Å². The van der Waals surface area contributed by atoms with Gasteiger partial charge >= 0.3 is 11.8 Å². The number of carbonyl (C=O) groups is 2. The summed E-state index contributed by atoms with van der Waals surface area (Å²) >= 11 is 0. The number of methoxy groups -OCH3 is 2. The lowest BCUT2D eigenvalue weighted by molar-refractivity contribution is -0.140. The van der Waals surface area contributed by atoms with Gasteiger partial charge in [0.25, 0.3) is 0 Å². The molecule has 0 bridgehead atoms. The molecule has 2 aromatic carbocycles. The average molecular weight is 478 g/mol. The van der Waals surface area contributed by atoms with E-state index >= 15 is 0 Å². The number of nitrogens with one attached hydrogen (secondary N) is 2. The predicted molar refractivity (Wildman–Crippen MR) is 119 cm³/mol. The fraction of sp³-hybridized carbons (Fsp3) is 0.364. The highest BCUT2D eigenvalue weighted by Gasteiger charge is 2.35. The quantitative estimate of drug-likeness (QED) is 0.541. The zero-order valence-corrected chi connectivity index (χ0v) is 19.3. The van der Waals surface area contributed by atoms with Crippen molar-refractivity contribution in [2.24, 2.45) is 0 Å². The number of carbonyl (C=O) groups excluding carboxylic acids is 2. The maximum absolute atomic E-state index is 13.1. The van der Waals surface area contributed by atoms with Crippen molar-refractivity contribution in [1.29, 1.82) is 0 Å². The summed E-state index contributed by atoms with van der Waals surface area (Å²) in [4.78, 5) is 24.5.